The van der Waals surface area contributed by atoms with Gasteiger partial charge in [0.25, 0.3) is 5.91 Å². The maximum Gasteiger partial charge on any atom is 0.253 e. The van der Waals surface area contributed by atoms with Gasteiger partial charge in [0, 0.05) is 16.6 Å². The second-order valence-corrected chi connectivity index (χ2v) is 9.03. The van der Waals surface area contributed by atoms with Crippen molar-refractivity contribution in [1.29, 1.82) is 0 Å². The lowest BCUT2D eigenvalue weighted by Crippen LogP contribution is -2.37. The molecule has 0 radical (unpaired) electrons. The van der Waals surface area contributed by atoms with Crippen LogP contribution in [0.5, 0.6) is 0 Å². The fraction of sp³-hybridized carbons (Fsp3) is 0.263. The zero-order chi connectivity index (χ0) is 21.6. The van der Waals surface area contributed by atoms with Crippen molar-refractivity contribution in [2.24, 2.45) is 0 Å². The van der Waals surface area contributed by atoms with Gasteiger partial charge in [-0.3, -0.25) is 13.9 Å². The first-order valence-electron chi connectivity index (χ1n) is 8.72. The molecule has 0 heterocycles. The fourth-order valence-corrected chi connectivity index (χ4v) is 3.88. The molecule has 0 unspecified atom stereocenters. The van der Waals surface area contributed by atoms with Crippen LogP contribution in [0.2, 0.25) is 10.0 Å². The van der Waals surface area contributed by atoms with Crippen molar-refractivity contribution in [3.05, 3.63) is 58.1 Å². The first kappa shape index (κ1) is 23.0. The van der Waals surface area contributed by atoms with Crippen LogP contribution >= 0.6 is 23.2 Å². The Morgan fingerprint density at radius 2 is 1.69 bits per heavy atom. The van der Waals surface area contributed by atoms with E-state index in [0.717, 1.165) is 17.0 Å². The van der Waals surface area contributed by atoms with Gasteiger partial charge in [0.2, 0.25) is 15.9 Å². The number of anilines is 2. The molecule has 29 heavy (non-hydrogen) atoms. The average molecular weight is 458 g/mol. The SMILES string of the molecule is CCCNC(=O)c1ccccc1NC(=O)CN(c1cc(Cl)cc(Cl)c1)S(C)(=O)=O. The van der Waals surface area contributed by atoms with Crippen LogP contribution in [0.15, 0.2) is 42.5 Å². The summed E-state index contributed by atoms with van der Waals surface area (Å²) < 4.78 is 25.4. The molecule has 0 bridgehead atoms. The van der Waals surface area contributed by atoms with Crippen LogP contribution in [0.25, 0.3) is 0 Å². The molecule has 2 aromatic rings. The van der Waals surface area contributed by atoms with E-state index in [-0.39, 0.29) is 32.9 Å². The molecule has 2 rings (SSSR count). The van der Waals surface area contributed by atoms with Gasteiger partial charge in [-0.15, -0.1) is 0 Å². The van der Waals surface area contributed by atoms with Crippen molar-refractivity contribution in [3.8, 4) is 0 Å². The maximum absolute atomic E-state index is 12.6. The summed E-state index contributed by atoms with van der Waals surface area (Å²) in [5, 5.41) is 5.81. The summed E-state index contributed by atoms with van der Waals surface area (Å²) in [5.74, 6) is -0.952. The van der Waals surface area contributed by atoms with E-state index < -0.39 is 22.5 Å². The highest BCUT2D eigenvalue weighted by molar-refractivity contribution is 7.92. The smallest absolute Gasteiger partial charge is 0.253 e. The van der Waals surface area contributed by atoms with E-state index in [0.29, 0.717) is 6.54 Å². The number of para-hydroxylation sites is 1. The molecule has 0 aliphatic heterocycles. The molecular weight excluding hydrogens is 437 g/mol. The zero-order valence-corrected chi connectivity index (χ0v) is 18.2. The van der Waals surface area contributed by atoms with Gasteiger partial charge in [-0.05, 0) is 36.8 Å². The Kier molecular flexibility index (Phi) is 7.89. The number of halogens is 2. The minimum atomic E-state index is -3.80. The van der Waals surface area contributed by atoms with E-state index in [1.54, 1.807) is 24.3 Å². The summed E-state index contributed by atoms with van der Waals surface area (Å²) in [6.07, 6.45) is 1.74. The van der Waals surface area contributed by atoms with Gasteiger partial charge in [-0.1, -0.05) is 42.3 Å². The zero-order valence-electron chi connectivity index (χ0n) is 15.9. The summed E-state index contributed by atoms with van der Waals surface area (Å²) in [5.41, 5.74) is 0.726. The molecule has 0 saturated carbocycles. The number of sulfonamides is 1. The molecule has 156 valence electrons. The van der Waals surface area contributed by atoms with Gasteiger partial charge in [0.1, 0.15) is 6.54 Å². The van der Waals surface area contributed by atoms with Gasteiger partial charge < -0.3 is 10.6 Å². The highest BCUT2D eigenvalue weighted by Gasteiger charge is 2.22. The molecule has 2 amide bonds. The molecule has 0 aliphatic rings. The fourth-order valence-electron chi connectivity index (χ4n) is 2.53. The Bertz CT molecular complexity index is 992. The van der Waals surface area contributed by atoms with Crippen LogP contribution in [-0.2, 0) is 14.8 Å². The van der Waals surface area contributed by atoms with Crippen molar-refractivity contribution in [3.63, 3.8) is 0 Å². The van der Waals surface area contributed by atoms with E-state index in [2.05, 4.69) is 10.6 Å². The highest BCUT2D eigenvalue weighted by atomic mass is 35.5. The first-order valence-corrected chi connectivity index (χ1v) is 11.3. The first-order chi connectivity index (χ1) is 13.6. The third-order valence-corrected chi connectivity index (χ3v) is 5.38. The van der Waals surface area contributed by atoms with Crippen LogP contribution in [0.1, 0.15) is 23.7 Å². The number of benzene rings is 2. The molecule has 0 aromatic heterocycles. The summed E-state index contributed by atoms with van der Waals surface area (Å²) in [6.45, 7) is 1.91. The average Bonchev–Trinajstić information content (AvgIpc) is 2.63. The largest absolute Gasteiger partial charge is 0.352 e. The summed E-state index contributed by atoms with van der Waals surface area (Å²) >= 11 is 11.9. The molecular formula is C19H21Cl2N3O4S. The van der Waals surface area contributed by atoms with Crippen molar-refractivity contribution in [2.75, 3.05) is 29.0 Å². The quantitative estimate of drug-likeness (QED) is 0.633. The predicted molar refractivity (Wildman–Crippen MR) is 116 cm³/mol. The van der Waals surface area contributed by atoms with Crippen molar-refractivity contribution < 1.29 is 18.0 Å². The van der Waals surface area contributed by atoms with Crippen molar-refractivity contribution in [2.45, 2.75) is 13.3 Å². The summed E-state index contributed by atoms with van der Waals surface area (Å²) in [7, 11) is -3.80. The van der Waals surface area contributed by atoms with Gasteiger partial charge in [-0.2, -0.15) is 0 Å². The van der Waals surface area contributed by atoms with E-state index in [4.69, 9.17) is 23.2 Å². The standard InChI is InChI=1S/C19H21Cl2N3O4S/c1-3-8-22-19(26)16-6-4-5-7-17(16)23-18(25)12-24(29(2,27)28)15-10-13(20)9-14(21)11-15/h4-7,9-11H,3,8,12H2,1-2H3,(H,22,26)(H,23,25). The Labute approximate surface area is 180 Å². The van der Waals surface area contributed by atoms with Gasteiger partial charge in [0.05, 0.1) is 23.2 Å². The van der Waals surface area contributed by atoms with Crippen LogP contribution in [-0.4, -0.2) is 39.6 Å². The molecule has 0 saturated heterocycles. The maximum atomic E-state index is 12.6. The molecule has 0 atom stereocenters. The molecule has 7 nitrogen and oxygen atoms in total. The molecule has 0 spiro atoms. The van der Waals surface area contributed by atoms with Crippen LogP contribution in [0, 0.1) is 0 Å². The molecule has 0 aliphatic carbocycles. The second kappa shape index (κ2) is 9.96. The normalized spacial score (nSPS) is 11.0. The lowest BCUT2D eigenvalue weighted by molar-refractivity contribution is -0.114. The monoisotopic (exact) mass is 457 g/mol. The van der Waals surface area contributed by atoms with Gasteiger partial charge in [-0.25, -0.2) is 8.42 Å². The number of carbonyl (C=O) groups is 2. The lowest BCUT2D eigenvalue weighted by atomic mass is 10.1. The lowest BCUT2D eigenvalue weighted by Gasteiger charge is -2.22. The summed E-state index contributed by atoms with van der Waals surface area (Å²) in [4.78, 5) is 24.9. The minimum Gasteiger partial charge on any atom is -0.352 e. The van der Waals surface area contributed by atoms with Crippen molar-refractivity contribution >= 4 is 56.4 Å². The van der Waals surface area contributed by atoms with Crippen LogP contribution < -0.4 is 14.9 Å². The second-order valence-electron chi connectivity index (χ2n) is 6.25. The van der Waals surface area contributed by atoms with Gasteiger partial charge >= 0.3 is 0 Å². The van der Waals surface area contributed by atoms with Crippen molar-refractivity contribution in [1.82, 2.24) is 5.32 Å². The molecule has 10 heteroatoms. The number of nitrogens with zero attached hydrogens (tertiary/aromatic N) is 1. The van der Waals surface area contributed by atoms with E-state index in [9.17, 15) is 18.0 Å². The third-order valence-electron chi connectivity index (χ3n) is 3.80. The number of rotatable bonds is 8. The number of carbonyl (C=O) groups excluding carboxylic acids is 2. The number of hydrogen-bond acceptors (Lipinski definition) is 4. The van der Waals surface area contributed by atoms with Crippen LogP contribution in [0.3, 0.4) is 0 Å². The minimum absolute atomic E-state index is 0.161. The third kappa shape index (κ3) is 6.62. The Morgan fingerprint density at radius 1 is 1.07 bits per heavy atom. The predicted octanol–water partition coefficient (Wildman–Crippen LogP) is 3.54. The summed E-state index contributed by atoms with van der Waals surface area (Å²) in [6, 6.07) is 10.7. The number of hydrogen-bond donors (Lipinski definition) is 2. The topological polar surface area (TPSA) is 95.6 Å². The molecule has 2 N–H and O–H groups in total. The molecule has 2 aromatic carbocycles. The van der Waals surface area contributed by atoms with Gasteiger partial charge in [0.15, 0.2) is 0 Å². The Hall–Kier alpha value is -2.29. The highest BCUT2D eigenvalue weighted by Crippen LogP contribution is 2.27. The number of amides is 2. The van der Waals surface area contributed by atoms with E-state index in [1.807, 2.05) is 6.92 Å². The van der Waals surface area contributed by atoms with E-state index in [1.165, 1.54) is 18.2 Å². The van der Waals surface area contributed by atoms with E-state index >= 15 is 0 Å². The Balaban J connectivity index is 2.25. The number of nitrogens with one attached hydrogen (secondary N) is 2. The van der Waals surface area contributed by atoms with Crippen LogP contribution in [0.4, 0.5) is 11.4 Å². The Morgan fingerprint density at radius 3 is 2.28 bits per heavy atom. The molecule has 0 fully saturated rings.